The third-order valence-electron chi connectivity index (χ3n) is 3.49. The predicted molar refractivity (Wildman–Crippen MR) is 97.8 cm³/mol. The van der Waals surface area contributed by atoms with Crippen LogP contribution in [0.3, 0.4) is 0 Å². The molecule has 0 amide bonds. The zero-order chi connectivity index (χ0) is 17.3. The molecule has 1 aliphatic rings. The standard InChI is InChI=1S/C18H14Cl2N2O2/c1-22(2)13-6-3-11(4-7-13)9-16-18(23)24-17(21-16)14-8-5-12(19)10-15(14)20/h3-10H,1-2H3/b16-9-. The van der Waals surface area contributed by atoms with Gasteiger partial charge in [-0.2, -0.15) is 0 Å². The zero-order valence-corrected chi connectivity index (χ0v) is 14.6. The van der Waals surface area contributed by atoms with E-state index in [0.29, 0.717) is 15.6 Å². The van der Waals surface area contributed by atoms with E-state index in [1.165, 1.54) is 0 Å². The first-order valence-corrected chi connectivity index (χ1v) is 7.95. The van der Waals surface area contributed by atoms with Gasteiger partial charge in [-0.05, 0) is 42.0 Å². The van der Waals surface area contributed by atoms with Crippen molar-refractivity contribution in [3.63, 3.8) is 0 Å². The number of rotatable bonds is 3. The van der Waals surface area contributed by atoms with Crippen LogP contribution in [0.4, 0.5) is 5.69 Å². The van der Waals surface area contributed by atoms with E-state index in [1.807, 2.05) is 43.3 Å². The van der Waals surface area contributed by atoms with Crippen LogP contribution in [-0.2, 0) is 9.53 Å². The van der Waals surface area contributed by atoms with Crippen LogP contribution >= 0.6 is 23.2 Å². The summed E-state index contributed by atoms with van der Waals surface area (Å²) < 4.78 is 5.22. The minimum Gasteiger partial charge on any atom is -0.402 e. The Kier molecular flexibility index (Phi) is 4.60. The van der Waals surface area contributed by atoms with Crippen LogP contribution in [0.1, 0.15) is 11.1 Å². The number of hydrogen-bond donors (Lipinski definition) is 0. The van der Waals surface area contributed by atoms with Crippen molar-refractivity contribution in [1.82, 2.24) is 0 Å². The van der Waals surface area contributed by atoms with Crippen LogP contribution in [0.5, 0.6) is 0 Å². The number of cyclic esters (lactones) is 1. The average Bonchev–Trinajstić information content (AvgIpc) is 2.88. The molecule has 0 aromatic heterocycles. The molecule has 0 radical (unpaired) electrons. The first kappa shape index (κ1) is 16.6. The molecule has 0 N–H and O–H groups in total. The summed E-state index contributed by atoms with van der Waals surface area (Å²) in [5, 5.41) is 0.885. The number of nitrogens with zero attached hydrogens (tertiary/aromatic N) is 2. The molecule has 4 nitrogen and oxygen atoms in total. The van der Waals surface area contributed by atoms with E-state index in [4.69, 9.17) is 27.9 Å². The lowest BCUT2D eigenvalue weighted by Crippen LogP contribution is -2.08. The highest BCUT2D eigenvalue weighted by Gasteiger charge is 2.25. The fraction of sp³-hybridized carbons (Fsp3) is 0.111. The Labute approximate surface area is 150 Å². The quantitative estimate of drug-likeness (QED) is 0.601. The van der Waals surface area contributed by atoms with Gasteiger partial charge in [-0.1, -0.05) is 35.3 Å². The second-order valence-electron chi connectivity index (χ2n) is 5.45. The molecule has 24 heavy (non-hydrogen) atoms. The topological polar surface area (TPSA) is 41.9 Å². The van der Waals surface area contributed by atoms with E-state index in [2.05, 4.69) is 4.99 Å². The summed E-state index contributed by atoms with van der Waals surface area (Å²) in [6, 6.07) is 12.7. The van der Waals surface area contributed by atoms with E-state index in [0.717, 1.165) is 11.3 Å². The number of anilines is 1. The Balaban J connectivity index is 1.91. The van der Waals surface area contributed by atoms with Crippen molar-refractivity contribution in [3.8, 4) is 0 Å². The highest BCUT2D eigenvalue weighted by Crippen LogP contribution is 2.26. The molecule has 0 atom stereocenters. The smallest absolute Gasteiger partial charge is 0.363 e. The molecule has 0 aliphatic carbocycles. The number of benzene rings is 2. The molecule has 0 spiro atoms. The maximum atomic E-state index is 12.0. The van der Waals surface area contributed by atoms with Gasteiger partial charge in [0.25, 0.3) is 0 Å². The van der Waals surface area contributed by atoms with E-state index < -0.39 is 5.97 Å². The molecular formula is C18H14Cl2N2O2. The van der Waals surface area contributed by atoms with Crippen molar-refractivity contribution in [2.45, 2.75) is 0 Å². The monoisotopic (exact) mass is 360 g/mol. The minimum absolute atomic E-state index is 0.179. The van der Waals surface area contributed by atoms with E-state index in [-0.39, 0.29) is 11.6 Å². The van der Waals surface area contributed by atoms with Gasteiger partial charge in [-0.15, -0.1) is 0 Å². The average molecular weight is 361 g/mol. The Morgan fingerprint density at radius 1 is 1.08 bits per heavy atom. The summed E-state index contributed by atoms with van der Waals surface area (Å²) in [7, 11) is 3.93. The normalized spacial score (nSPS) is 15.4. The lowest BCUT2D eigenvalue weighted by molar-refractivity contribution is -0.129. The number of carbonyl (C=O) groups excluding carboxylic acids is 1. The number of esters is 1. The fourth-order valence-corrected chi connectivity index (χ4v) is 2.70. The van der Waals surface area contributed by atoms with Gasteiger partial charge in [0.1, 0.15) is 0 Å². The van der Waals surface area contributed by atoms with Crippen LogP contribution in [0.25, 0.3) is 6.08 Å². The molecule has 2 aromatic rings. The van der Waals surface area contributed by atoms with Crippen molar-refractivity contribution in [3.05, 3.63) is 69.3 Å². The van der Waals surface area contributed by atoms with Crippen LogP contribution in [0, 0.1) is 0 Å². The fourth-order valence-electron chi connectivity index (χ4n) is 2.21. The summed E-state index contributed by atoms with van der Waals surface area (Å²) in [6.45, 7) is 0. The lowest BCUT2D eigenvalue weighted by Gasteiger charge is -2.11. The number of halogens is 2. The number of carbonyl (C=O) groups is 1. The van der Waals surface area contributed by atoms with Crippen molar-refractivity contribution in [1.29, 1.82) is 0 Å². The summed E-state index contributed by atoms with van der Waals surface area (Å²) in [6.07, 6.45) is 1.68. The largest absolute Gasteiger partial charge is 0.402 e. The summed E-state index contributed by atoms with van der Waals surface area (Å²) in [5.74, 6) is -0.328. The number of hydrogen-bond acceptors (Lipinski definition) is 4. The molecule has 0 unspecified atom stereocenters. The summed E-state index contributed by atoms with van der Waals surface area (Å²) in [4.78, 5) is 18.3. The first-order valence-electron chi connectivity index (χ1n) is 7.19. The highest BCUT2D eigenvalue weighted by molar-refractivity contribution is 6.37. The van der Waals surface area contributed by atoms with Crippen LogP contribution in [-0.4, -0.2) is 26.0 Å². The Morgan fingerprint density at radius 3 is 2.42 bits per heavy atom. The van der Waals surface area contributed by atoms with Gasteiger partial charge in [0.2, 0.25) is 5.90 Å². The summed E-state index contributed by atoms with van der Waals surface area (Å²) >= 11 is 12.0. The van der Waals surface area contributed by atoms with Crippen LogP contribution in [0.15, 0.2) is 53.2 Å². The SMILES string of the molecule is CN(C)c1ccc(/C=C2\N=C(c3ccc(Cl)cc3Cl)OC2=O)cc1. The molecule has 0 bridgehead atoms. The Bertz CT molecular complexity index is 856. The van der Waals surface area contributed by atoms with Crippen molar-refractivity contribution < 1.29 is 9.53 Å². The molecule has 0 saturated heterocycles. The van der Waals surface area contributed by atoms with Gasteiger partial charge in [0.05, 0.1) is 10.6 Å². The maximum Gasteiger partial charge on any atom is 0.363 e. The van der Waals surface area contributed by atoms with Crippen molar-refractivity contribution >= 4 is 46.8 Å². The molecule has 1 heterocycles. The molecule has 1 aliphatic heterocycles. The van der Waals surface area contributed by atoms with Crippen LogP contribution < -0.4 is 4.90 Å². The van der Waals surface area contributed by atoms with Gasteiger partial charge in [-0.25, -0.2) is 9.79 Å². The third-order valence-corrected chi connectivity index (χ3v) is 4.04. The van der Waals surface area contributed by atoms with E-state index >= 15 is 0 Å². The molecule has 122 valence electrons. The van der Waals surface area contributed by atoms with Crippen molar-refractivity contribution in [2.24, 2.45) is 4.99 Å². The maximum absolute atomic E-state index is 12.0. The first-order chi connectivity index (χ1) is 11.4. The van der Waals surface area contributed by atoms with Crippen molar-refractivity contribution in [2.75, 3.05) is 19.0 Å². The van der Waals surface area contributed by atoms with Crippen LogP contribution in [0.2, 0.25) is 10.0 Å². The van der Waals surface area contributed by atoms with E-state index in [9.17, 15) is 4.79 Å². The van der Waals surface area contributed by atoms with Gasteiger partial charge in [0, 0.05) is 24.8 Å². The van der Waals surface area contributed by atoms with Gasteiger partial charge in [0.15, 0.2) is 5.70 Å². The van der Waals surface area contributed by atoms with Gasteiger partial charge >= 0.3 is 5.97 Å². The summed E-state index contributed by atoms with van der Waals surface area (Å²) in [5.41, 5.74) is 2.69. The second-order valence-corrected chi connectivity index (χ2v) is 6.29. The zero-order valence-electron chi connectivity index (χ0n) is 13.1. The molecule has 3 rings (SSSR count). The van der Waals surface area contributed by atoms with Gasteiger partial charge in [-0.3, -0.25) is 0 Å². The molecule has 0 saturated carbocycles. The molecule has 2 aromatic carbocycles. The second kappa shape index (κ2) is 6.67. The Morgan fingerprint density at radius 2 is 1.79 bits per heavy atom. The van der Waals surface area contributed by atoms with Gasteiger partial charge < -0.3 is 9.64 Å². The molecule has 6 heteroatoms. The van der Waals surface area contributed by atoms with E-state index in [1.54, 1.807) is 24.3 Å². The lowest BCUT2D eigenvalue weighted by atomic mass is 10.1. The number of aliphatic imine (C=N–C) groups is 1. The minimum atomic E-state index is -0.507. The number of ether oxygens (including phenoxy) is 1. The predicted octanol–water partition coefficient (Wildman–Crippen LogP) is 4.40. The third kappa shape index (κ3) is 3.45. The molecule has 0 fully saturated rings. The molecular weight excluding hydrogens is 347 g/mol. The highest BCUT2D eigenvalue weighted by atomic mass is 35.5. The Hall–Kier alpha value is -2.30.